The van der Waals surface area contributed by atoms with Crippen molar-refractivity contribution in [3.05, 3.63) is 59.7 Å². The van der Waals surface area contributed by atoms with Crippen molar-refractivity contribution in [1.82, 2.24) is 0 Å². The van der Waals surface area contributed by atoms with E-state index in [4.69, 9.17) is 30.3 Å². The molecule has 0 aliphatic carbocycles. The van der Waals surface area contributed by atoms with Crippen molar-refractivity contribution >= 4 is 42.7 Å². The predicted molar refractivity (Wildman–Crippen MR) is 98.7 cm³/mol. The second kappa shape index (κ2) is 12.2. The molecule has 8 heteroatoms. The summed E-state index contributed by atoms with van der Waals surface area (Å²) in [6, 6.07) is 14.1. The molecule has 0 fully saturated rings. The van der Waals surface area contributed by atoms with E-state index in [0.717, 1.165) is 0 Å². The summed E-state index contributed by atoms with van der Waals surface area (Å²) >= 11 is -1.33. The first kappa shape index (κ1) is 20.8. The molecule has 0 saturated heterocycles. The monoisotopic (exact) mass is 429 g/mol. The summed E-state index contributed by atoms with van der Waals surface area (Å²) in [5.41, 5.74) is 1.38. The van der Waals surface area contributed by atoms with E-state index in [1.54, 1.807) is 48.8 Å². The van der Waals surface area contributed by atoms with Crippen LogP contribution in [0.15, 0.2) is 58.5 Å². The van der Waals surface area contributed by atoms with Crippen LogP contribution in [-0.4, -0.2) is 35.7 Å². The molecular weight excluding hydrogens is 414 g/mol. The maximum atomic E-state index is 9.54. The van der Waals surface area contributed by atoms with Crippen LogP contribution in [0.25, 0.3) is 0 Å². The Bertz CT molecular complexity index is 624. The number of nitrogens with zero attached hydrogens (tertiary/aromatic N) is 2. The van der Waals surface area contributed by atoms with Gasteiger partial charge in [-0.1, -0.05) is 24.3 Å². The summed E-state index contributed by atoms with van der Waals surface area (Å²) in [6.45, 7) is 1.05. The average molecular weight is 431 g/mol. The Hall–Kier alpha value is -1.23. The van der Waals surface area contributed by atoms with Gasteiger partial charge in [0.2, 0.25) is 0 Å². The molecule has 0 aromatic heterocycles. The molecule has 0 amide bonds. The molecule has 2 aromatic carbocycles. The van der Waals surface area contributed by atoms with Crippen LogP contribution in [0, 0.1) is 0 Å². The van der Waals surface area contributed by atoms with Crippen molar-refractivity contribution in [2.24, 2.45) is 9.98 Å². The second-order valence-corrected chi connectivity index (χ2v) is 9.81. The third kappa shape index (κ3) is 9.16. The van der Waals surface area contributed by atoms with Crippen molar-refractivity contribution in [2.45, 2.75) is 0 Å². The molecule has 0 saturated carbocycles. The van der Waals surface area contributed by atoms with E-state index in [1.807, 2.05) is 12.1 Å². The normalized spacial score (nSPS) is 11.4. The van der Waals surface area contributed by atoms with Gasteiger partial charge in [-0.15, -0.1) is 0 Å². The fourth-order valence-electron chi connectivity index (χ4n) is 1.63. The number of phenolic OH excluding ortho intramolecular Hbond substituents is 2. The summed E-state index contributed by atoms with van der Waals surface area (Å²) in [7, 11) is 14.7. The number of para-hydroxylation sites is 2. The number of hydrogen-bond acceptors (Lipinski definition) is 4. The van der Waals surface area contributed by atoms with Crippen molar-refractivity contribution in [1.29, 1.82) is 0 Å². The van der Waals surface area contributed by atoms with Gasteiger partial charge in [0.25, 0.3) is 0 Å². The average Bonchev–Trinajstić information content (AvgIpc) is 2.53. The van der Waals surface area contributed by atoms with Crippen LogP contribution >= 0.6 is 30.3 Å². The number of rotatable bonds is 5. The first-order chi connectivity index (χ1) is 11.5. The van der Waals surface area contributed by atoms with Gasteiger partial charge in [-0.05, 0) is 24.3 Å². The number of phenols is 2. The van der Waals surface area contributed by atoms with Gasteiger partial charge in [-0.3, -0.25) is 9.98 Å². The van der Waals surface area contributed by atoms with E-state index < -0.39 is 11.2 Å². The Morgan fingerprint density at radius 3 is 1.42 bits per heavy atom. The summed E-state index contributed by atoms with van der Waals surface area (Å²) in [5.74, 6) is 0.433. The van der Waals surface area contributed by atoms with Gasteiger partial charge in [0.05, 0.1) is 13.1 Å². The summed E-state index contributed by atoms with van der Waals surface area (Å²) < 4.78 is 0. The molecule has 0 aliphatic rings. The molecule has 0 unspecified atom stereocenters. The van der Waals surface area contributed by atoms with Crippen LogP contribution < -0.4 is 0 Å². The third-order valence-corrected chi connectivity index (χ3v) is 2.69. The molecule has 0 bridgehead atoms. The van der Waals surface area contributed by atoms with Gasteiger partial charge in [0.1, 0.15) is 11.5 Å². The van der Waals surface area contributed by atoms with Gasteiger partial charge in [0, 0.05) is 23.6 Å². The molecule has 131 valence electrons. The zero-order chi connectivity index (χ0) is 17.8. The fourth-order valence-corrected chi connectivity index (χ4v) is 1.63. The minimum atomic E-state index is -1.33. The zero-order valence-electron chi connectivity index (χ0n) is 12.5. The quantitative estimate of drug-likeness (QED) is 0.410. The molecule has 4 nitrogen and oxygen atoms in total. The summed E-state index contributed by atoms with van der Waals surface area (Å²) in [6.07, 6.45) is 3.26. The van der Waals surface area contributed by atoms with Crippen molar-refractivity contribution in [3.63, 3.8) is 0 Å². The Kier molecular flexibility index (Phi) is 10.6. The Labute approximate surface area is 158 Å². The molecule has 24 heavy (non-hydrogen) atoms. The van der Waals surface area contributed by atoms with Gasteiger partial charge in [-0.25, -0.2) is 0 Å². The zero-order valence-corrected chi connectivity index (χ0v) is 15.8. The number of aliphatic imine (C=N–C) groups is 2. The molecule has 2 rings (SSSR count). The van der Waals surface area contributed by atoms with E-state index in [1.165, 1.54) is 0 Å². The van der Waals surface area contributed by atoms with Gasteiger partial charge in [0.15, 0.2) is 0 Å². The Morgan fingerprint density at radius 2 is 1.08 bits per heavy atom. The van der Waals surface area contributed by atoms with Crippen molar-refractivity contribution in [2.75, 3.05) is 13.1 Å². The van der Waals surface area contributed by atoms with Crippen LogP contribution in [0.5, 0.6) is 11.5 Å². The van der Waals surface area contributed by atoms with Crippen LogP contribution in [0.1, 0.15) is 11.1 Å². The van der Waals surface area contributed by atoms with Crippen LogP contribution in [-0.2, 0) is 11.2 Å². The maximum absolute atomic E-state index is 9.54. The first-order valence-corrected chi connectivity index (χ1v) is 11.3. The Morgan fingerprint density at radius 1 is 0.750 bits per heavy atom. The molecule has 0 aliphatic heterocycles. The van der Waals surface area contributed by atoms with Gasteiger partial charge < -0.3 is 10.2 Å². The van der Waals surface area contributed by atoms with Crippen LogP contribution in [0.3, 0.4) is 0 Å². The van der Waals surface area contributed by atoms with Gasteiger partial charge >= 0.3 is 41.5 Å². The molecule has 0 spiro atoms. The molecule has 0 radical (unpaired) electrons. The third-order valence-electron chi connectivity index (χ3n) is 2.69. The first-order valence-electron chi connectivity index (χ1n) is 6.73. The van der Waals surface area contributed by atoms with E-state index in [-0.39, 0.29) is 11.5 Å². The SMILES string of the molecule is Oc1ccccc1C=NCCN=Cc1ccccc1O.[Cl][Fe]([Cl])[Cl]. The number of halogens is 3. The van der Waals surface area contributed by atoms with Crippen LogP contribution in [0.2, 0.25) is 0 Å². The summed E-state index contributed by atoms with van der Waals surface area (Å²) in [4.78, 5) is 8.39. The standard InChI is InChI=1S/C16H16N2O2.3ClH.Fe/c19-15-7-3-1-5-13(15)11-17-9-10-18-12-14-6-2-4-8-16(14)20;;;;/h1-8,11-12,19-20H,9-10H2;3*1H;/q;;;;+3/p-3. The second-order valence-electron chi connectivity index (χ2n) is 4.34. The summed E-state index contributed by atoms with van der Waals surface area (Å²) in [5, 5.41) is 19.1. The number of aromatic hydroxyl groups is 2. The molecule has 2 N–H and O–H groups in total. The number of hydrogen-bond donors (Lipinski definition) is 2. The van der Waals surface area contributed by atoms with Crippen LogP contribution in [0.4, 0.5) is 0 Å². The molecule has 0 heterocycles. The molecule has 0 atom stereocenters. The van der Waals surface area contributed by atoms with Gasteiger partial charge in [-0.2, -0.15) is 0 Å². The minimum absolute atomic E-state index is 0.217. The van der Waals surface area contributed by atoms with E-state index in [2.05, 4.69) is 9.98 Å². The molecule has 2 aromatic rings. The molecular formula is C16H16Cl3FeN2O2. The fraction of sp³-hybridized carbons (Fsp3) is 0.125. The number of benzene rings is 2. The van der Waals surface area contributed by atoms with Crippen molar-refractivity contribution < 1.29 is 21.4 Å². The van der Waals surface area contributed by atoms with E-state index in [0.29, 0.717) is 24.2 Å². The van der Waals surface area contributed by atoms with E-state index in [9.17, 15) is 10.2 Å². The van der Waals surface area contributed by atoms with Crippen molar-refractivity contribution in [3.8, 4) is 11.5 Å². The Balaban J connectivity index is 0.000000648. The topological polar surface area (TPSA) is 65.2 Å². The predicted octanol–water partition coefficient (Wildman–Crippen LogP) is 4.70. The van der Waals surface area contributed by atoms with E-state index >= 15 is 0 Å².